The Balaban J connectivity index is 2.20. The van der Waals surface area contributed by atoms with E-state index < -0.39 is 35.7 Å². The zero-order chi connectivity index (χ0) is 20.8. The molecule has 1 atom stereocenters. The molecule has 150 valence electrons. The van der Waals surface area contributed by atoms with Crippen molar-refractivity contribution in [2.24, 2.45) is 0 Å². The van der Waals surface area contributed by atoms with Gasteiger partial charge in [0.1, 0.15) is 6.61 Å². The van der Waals surface area contributed by atoms with Crippen LogP contribution < -0.4 is 0 Å². The number of aliphatic hydroxyl groups is 1. The van der Waals surface area contributed by atoms with Crippen molar-refractivity contribution in [1.29, 1.82) is 0 Å². The molecule has 0 bridgehead atoms. The van der Waals surface area contributed by atoms with Crippen LogP contribution >= 0.6 is 0 Å². The maximum Gasteiger partial charge on any atom is 0.416 e. The number of carbonyl (C=O) groups is 2. The summed E-state index contributed by atoms with van der Waals surface area (Å²) in [6.07, 6.45) is -5.38. The van der Waals surface area contributed by atoms with E-state index in [9.17, 15) is 27.9 Å². The Hall–Kier alpha value is -2.87. The van der Waals surface area contributed by atoms with Crippen LogP contribution in [0.15, 0.2) is 54.6 Å². The summed E-state index contributed by atoms with van der Waals surface area (Å²) >= 11 is 0. The van der Waals surface area contributed by atoms with Crippen molar-refractivity contribution in [1.82, 2.24) is 0 Å². The molecule has 2 aromatic carbocycles. The quantitative estimate of drug-likeness (QED) is 0.724. The maximum absolute atomic E-state index is 12.7. The van der Waals surface area contributed by atoms with Crippen LogP contribution in [0.5, 0.6) is 0 Å². The van der Waals surface area contributed by atoms with Gasteiger partial charge in [0.2, 0.25) is 0 Å². The Morgan fingerprint density at radius 1 is 0.929 bits per heavy atom. The number of benzene rings is 2. The normalized spacial score (nSPS) is 13.5. The molecule has 0 saturated heterocycles. The van der Waals surface area contributed by atoms with E-state index in [2.05, 4.69) is 0 Å². The molecule has 0 spiro atoms. The largest absolute Gasteiger partial charge is 0.464 e. The van der Waals surface area contributed by atoms with Crippen LogP contribution in [0.1, 0.15) is 30.0 Å². The van der Waals surface area contributed by atoms with E-state index in [0.29, 0.717) is 5.56 Å². The smallest absolute Gasteiger partial charge is 0.416 e. The average molecular weight is 396 g/mol. The molecule has 0 aliphatic rings. The molecule has 0 saturated carbocycles. The fourth-order valence-electron chi connectivity index (χ4n) is 2.48. The molecule has 0 aliphatic carbocycles. The van der Waals surface area contributed by atoms with E-state index >= 15 is 0 Å². The monoisotopic (exact) mass is 396 g/mol. The van der Waals surface area contributed by atoms with Crippen LogP contribution in [0, 0.1) is 0 Å². The zero-order valence-corrected chi connectivity index (χ0v) is 15.0. The molecule has 28 heavy (non-hydrogen) atoms. The lowest BCUT2D eigenvalue weighted by Crippen LogP contribution is -2.40. The van der Waals surface area contributed by atoms with Gasteiger partial charge in [-0.25, -0.2) is 4.79 Å². The minimum atomic E-state index is -4.57. The minimum Gasteiger partial charge on any atom is -0.464 e. The van der Waals surface area contributed by atoms with Gasteiger partial charge in [-0.15, -0.1) is 0 Å². The Labute approximate surface area is 159 Å². The first kappa shape index (κ1) is 21.4. The highest BCUT2D eigenvalue weighted by molar-refractivity contribution is 5.87. The third-order valence-corrected chi connectivity index (χ3v) is 3.95. The van der Waals surface area contributed by atoms with Gasteiger partial charge < -0.3 is 14.6 Å². The summed E-state index contributed by atoms with van der Waals surface area (Å²) in [6.45, 7) is 1.34. The zero-order valence-electron chi connectivity index (χ0n) is 15.0. The summed E-state index contributed by atoms with van der Waals surface area (Å²) in [5, 5.41) is 10.8. The summed E-state index contributed by atoms with van der Waals surface area (Å²) in [4.78, 5) is 24.4. The number of alkyl halides is 3. The third-order valence-electron chi connectivity index (χ3n) is 3.95. The van der Waals surface area contributed by atoms with Crippen molar-refractivity contribution >= 4 is 11.9 Å². The van der Waals surface area contributed by atoms with Crippen molar-refractivity contribution < 1.29 is 37.3 Å². The molecular formula is C20H19F3O5. The van der Waals surface area contributed by atoms with E-state index in [4.69, 9.17) is 9.47 Å². The van der Waals surface area contributed by atoms with Crippen LogP contribution in [0.25, 0.3) is 0 Å². The second-order valence-electron chi connectivity index (χ2n) is 5.98. The molecule has 0 heterocycles. The number of halogens is 3. The molecule has 0 radical (unpaired) electrons. The number of hydrogen-bond donors (Lipinski definition) is 1. The first-order valence-electron chi connectivity index (χ1n) is 8.43. The maximum atomic E-state index is 12.7. The Kier molecular flexibility index (Phi) is 6.80. The Morgan fingerprint density at radius 2 is 1.50 bits per heavy atom. The molecule has 0 amide bonds. The lowest BCUT2D eigenvalue weighted by atomic mass is 9.89. The number of esters is 2. The standard InChI is InChI=1S/C20H19F3O5/c1-2-27-18(25)19(26,15-8-10-16(11-9-15)20(21,22)23)12-17(24)28-13-14-6-4-3-5-7-14/h3-11,26H,2,12-13H2,1H3/t19-/m1/s1. The predicted octanol–water partition coefficient (Wildman–Crippen LogP) is 3.59. The fourth-order valence-corrected chi connectivity index (χ4v) is 2.48. The molecule has 5 nitrogen and oxygen atoms in total. The topological polar surface area (TPSA) is 72.8 Å². The molecule has 1 N–H and O–H groups in total. The average Bonchev–Trinajstić information content (AvgIpc) is 2.66. The second-order valence-corrected chi connectivity index (χ2v) is 5.98. The van der Waals surface area contributed by atoms with Gasteiger partial charge in [0, 0.05) is 0 Å². The lowest BCUT2D eigenvalue weighted by Gasteiger charge is -2.25. The summed E-state index contributed by atoms with van der Waals surface area (Å²) in [6, 6.07) is 12.0. The molecular weight excluding hydrogens is 377 g/mol. The number of rotatable bonds is 7. The molecule has 2 rings (SSSR count). The summed E-state index contributed by atoms with van der Waals surface area (Å²) in [7, 11) is 0. The van der Waals surface area contributed by atoms with E-state index in [1.54, 1.807) is 30.3 Å². The van der Waals surface area contributed by atoms with Crippen molar-refractivity contribution in [3.8, 4) is 0 Å². The Morgan fingerprint density at radius 3 is 2.04 bits per heavy atom. The van der Waals surface area contributed by atoms with Gasteiger partial charge in [0.05, 0.1) is 18.6 Å². The summed E-state index contributed by atoms with van der Waals surface area (Å²) < 4.78 is 48.1. The van der Waals surface area contributed by atoms with Gasteiger partial charge in [-0.1, -0.05) is 42.5 Å². The second kappa shape index (κ2) is 8.88. The first-order valence-corrected chi connectivity index (χ1v) is 8.43. The van der Waals surface area contributed by atoms with Crippen LogP contribution in [0.3, 0.4) is 0 Å². The van der Waals surface area contributed by atoms with Crippen molar-refractivity contribution in [3.05, 3.63) is 71.3 Å². The molecule has 0 aromatic heterocycles. The van der Waals surface area contributed by atoms with E-state index in [1.807, 2.05) is 0 Å². The van der Waals surface area contributed by atoms with E-state index in [-0.39, 0.29) is 18.8 Å². The lowest BCUT2D eigenvalue weighted by molar-refractivity contribution is -0.174. The van der Waals surface area contributed by atoms with Crippen LogP contribution in [0.2, 0.25) is 0 Å². The van der Waals surface area contributed by atoms with E-state index in [1.165, 1.54) is 6.92 Å². The van der Waals surface area contributed by atoms with Crippen LogP contribution in [0.4, 0.5) is 13.2 Å². The molecule has 0 unspecified atom stereocenters. The van der Waals surface area contributed by atoms with Crippen LogP contribution in [-0.2, 0) is 37.4 Å². The Bertz CT molecular complexity index is 803. The molecule has 8 heteroatoms. The van der Waals surface area contributed by atoms with Gasteiger partial charge in [-0.2, -0.15) is 13.2 Å². The molecule has 0 aliphatic heterocycles. The van der Waals surface area contributed by atoms with Crippen molar-refractivity contribution in [3.63, 3.8) is 0 Å². The van der Waals surface area contributed by atoms with Gasteiger partial charge in [-0.05, 0) is 30.2 Å². The molecule has 2 aromatic rings. The number of carbonyl (C=O) groups excluding carboxylic acids is 2. The van der Waals surface area contributed by atoms with Gasteiger partial charge in [0.25, 0.3) is 0 Å². The highest BCUT2D eigenvalue weighted by Crippen LogP contribution is 2.33. The highest BCUT2D eigenvalue weighted by atomic mass is 19.4. The van der Waals surface area contributed by atoms with Crippen molar-refractivity contribution in [2.75, 3.05) is 6.61 Å². The highest BCUT2D eigenvalue weighted by Gasteiger charge is 2.43. The van der Waals surface area contributed by atoms with Crippen LogP contribution in [-0.4, -0.2) is 23.7 Å². The van der Waals surface area contributed by atoms with Gasteiger partial charge >= 0.3 is 18.1 Å². The van der Waals surface area contributed by atoms with E-state index in [0.717, 1.165) is 24.3 Å². The van der Waals surface area contributed by atoms with Gasteiger partial charge in [-0.3, -0.25) is 4.79 Å². The summed E-state index contributed by atoms with van der Waals surface area (Å²) in [5.41, 5.74) is -2.91. The third kappa shape index (κ3) is 5.32. The van der Waals surface area contributed by atoms with Gasteiger partial charge in [0.15, 0.2) is 5.60 Å². The SMILES string of the molecule is CCOC(=O)[C@@](O)(CC(=O)OCc1ccccc1)c1ccc(C(F)(F)F)cc1. The summed E-state index contributed by atoms with van der Waals surface area (Å²) in [5.74, 6) is -2.05. The van der Waals surface area contributed by atoms with Crippen molar-refractivity contribution in [2.45, 2.75) is 31.7 Å². The number of ether oxygens (including phenoxy) is 2. The minimum absolute atomic E-state index is 0.0778. The number of hydrogen-bond acceptors (Lipinski definition) is 5. The molecule has 0 fully saturated rings. The fraction of sp³-hybridized carbons (Fsp3) is 0.300. The predicted molar refractivity (Wildman–Crippen MR) is 92.8 cm³/mol. The first-order chi connectivity index (χ1) is 13.2.